The molecule has 3 rings (SSSR count). The molecule has 1 saturated heterocycles. The number of hydrogen-bond donors (Lipinski definition) is 2. The van der Waals surface area contributed by atoms with Crippen LogP contribution in [0.1, 0.15) is 52.4 Å². The smallest absolute Gasteiger partial charge is 0.423 e. The van der Waals surface area contributed by atoms with Gasteiger partial charge in [-0.3, -0.25) is 4.79 Å². The number of pyridine rings is 1. The maximum atomic E-state index is 12.8. The van der Waals surface area contributed by atoms with Gasteiger partial charge in [0.1, 0.15) is 5.69 Å². The molecule has 34 heavy (non-hydrogen) atoms. The lowest BCUT2D eigenvalue weighted by Gasteiger charge is -2.32. The molecule has 6 nitrogen and oxygen atoms in total. The Labute approximate surface area is 203 Å². The molecule has 12 heteroatoms. The molecule has 1 fully saturated rings. The van der Waals surface area contributed by atoms with Crippen LogP contribution >= 0.6 is 11.6 Å². The topological polar surface area (TPSA) is 88.9 Å². The summed E-state index contributed by atoms with van der Waals surface area (Å²) in [7, 11) is -2.16. The number of aryl methyl sites for hydroxylation is 1. The maximum absolute atomic E-state index is 12.8. The second-order valence-electron chi connectivity index (χ2n) is 8.51. The Morgan fingerprint density at radius 2 is 1.56 bits per heavy atom. The predicted octanol–water partition coefficient (Wildman–Crippen LogP) is 3.24. The summed E-state index contributed by atoms with van der Waals surface area (Å²) in [5.74, 6) is 0. The summed E-state index contributed by atoms with van der Waals surface area (Å²) >= 11 is 4.82. The normalized spacial score (nSPS) is 16.1. The molecule has 1 aliphatic rings. The second kappa shape index (κ2) is 12.2. The highest BCUT2D eigenvalue weighted by atomic mass is 35.5. The fourth-order valence-corrected chi connectivity index (χ4v) is 2.58. The first-order valence-corrected chi connectivity index (χ1v) is 10.9. The third kappa shape index (κ3) is 9.03. The molecule has 1 aromatic heterocycles. The molecular formula is C22H29B2ClF3NO5. The number of benzene rings is 1. The van der Waals surface area contributed by atoms with Crippen LogP contribution in [0.25, 0.3) is 0 Å². The zero-order valence-corrected chi connectivity index (χ0v) is 20.7. The Hall–Kier alpha value is -1.91. The minimum Gasteiger partial charge on any atom is -0.423 e. The lowest BCUT2D eigenvalue weighted by atomic mass is 9.79. The summed E-state index contributed by atoms with van der Waals surface area (Å²) < 4.78 is 49.9. The van der Waals surface area contributed by atoms with Gasteiger partial charge in [0.25, 0.3) is 0 Å². The Balaban J connectivity index is 0.000000340. The lowest BCUT2D eigenvalue weighted by Crippen LogP contribution is -2.41. The lowest BCUT2D eigenvalue weighted by molar-refractivity contribution is -0.141. The first kappa shape index (κ1) is 30.1. The number of carbonyl (C=O) groups excluding carboxylic acids is 1. The van der Waals surface area contributed by atoms with Crippen molar-refractivity contribution < 1.29 is 37.3 Å². The van der Waals surface area contributed by atoms with Crippen molar-refractivity contribution in [2.75, 3.05) is 0 Å². The highest BCUT2D eigenvalue weighted by molar-refractivity contribution is 6.63. The van der Waals surface area contributed by atoms with Crippen LogP contribution in [-0.4, -0.2) is 45.7 Å². The van der Waals surface area contributed by atoms with Crippen molar-refractivity contribution in [2.24, 2.45) is 0 Å². The first-order valence-electron chi connectivity index (χ1n) is 10.5. The van der Waals surface area contributed by atoms with Crippen LogP contribution in [0, 0.1) is 6.92 Å². The summed E-state index contributed by atoms with van der Waals surface area (Å²) in [5, 5.41) is 16.9. The van der Waals surface area contributed by atoms with E-state index in [0.717, 1.165) is 6.07 Å². The third-order valence-corrected chi connectivity index (χ3v) is 5.43. The minimum atomic E-state index is -4.48. The summed E-state index contributed by atoms with van der Waals surface area (Å²) in [4.78, 5) is 13.1. The van der Waals surface area contributed by atoms with Crippen LogP contribution in [0.2, 0.25) is 0 Å². The molecule has 186 valence electrons. The van der Waals surface area contributed by atoms with Gasteiger partial charge in [0.2, 0.25) is 5.24 Å². The van der Waals surface area contributed by atoms with Crippen molar-refractivity contribution >= 4 is 42.0 Å². The number of rotatable bonds is 3. The minimum absolute atomic E-state index is 0.273. The van der Waals surface area contributed by atoms with Gasteiger partial charge in [0.05, 0.1) is 11.2 Å². The number of nitrogens with zero attached hydrogens (tertiary/aromatic N) is 1. The number of halogens is 4. The van der Waals surface area contributed by atoms with Gasteiger partial charge in [-0.05, 0) is 69.3 Å². The van der Waals surface area contributed by atoms with Crippen molar-refractivity contribution in [2.45, 2.75) is 65.3 Å². The van der Waals surface area contributed by atoms with Crippen molar-refractivity contribution in [3.63, 3.8) is 0 Å². The van der Waals surface area contributed by atoms with Gasteiger partial charge in [0, 0.05) is 12.1 Å². The monoisotopic (exact) mass is 501 g/mol. The standard InChI is InChI=1S/C13H17BF3NO2.C6H7BO2.C3H5ClO/c1-8-6-9(7-10(18-8)13(15,16)17)14-19-11(2,3)12(4,5)20-14;8-7(9)6-4-2-1-3-5-6;1-2-3(4)5/h6-7H,1-5H3;1-5,8-9H;2H2,1H3. The van der Waals surface area contributed by atoms with E-state index in [-0.39, 0.29) is 10.9 Å². The summed E-state index contributed by atoms with van der Waals surface area (Å²) in [6, 6.07) is 11.2. The molecule has 2 N–H and O–H groups in total. The SMILES string of the molecule is CCC(=O)Cl.Cc1cc(B2OC(C)(C)C(C)(C)O2)cc(C(F)(F)F)n1.OB(O)c1ccccc1. The molecule has 2 aromatic rings. The molecule has 1 aliphatic heterocycles. The van der Waals surface area contributed by atoms with Crippen LogP contribution in [0.4, 0.5) is 13.2 Å². The fourth-order valence-electron chi connectivity index (χ4n) is 2.58. The van der Waals surface area contributed by atoms with Gasteiger partial charge in [-0.1, -0.05) is 37.3 Å². The van der Waals surface area contributed by atoms with Gasteiger partial charge in [0.15, 0.2) is 0 Å². The molecule has 0 atom stereocenters. The van der Waals surface area contributed by atoms with Crippen molar-refractivity contribution in [1.82, 2.24) is 4.98 Å². The number of alkyl halides is 3. The van der Waals surface area contributed by atoms with Crippen molar-refractivity contribution in [3.8, 4) is 0 Å². The zero-order chi connectivity index (χ0) is 26.3. The van der Waals surface area contributed by atoms with E-state index in [0.29, 0.717) is 17.3 Å². The fraction of sp³-hybridized carbons (Fsp3) is 0.455. The molecule has 0 bridgehead atoms. The van der Waals surface area contributed by atoms with E-state index in [2.05, 4.69) is 4.98 Å². The second-order valence-corrected chi connectivity index (χ2v) is 8.93. The number of carbonyl (C=O) groups is 1. The molecule has 0 spiro atoms. The maximum Gasteiger partial charge on any atom is 0.494 e. The van der Waals surface area contributed by atoms with Crippen LogP contribution in [0.15, 0.2) is 42.5 Å². The Morgan fingerprint density at radius 1 is 1.09 bits per heavy atom. The number of aromatic nitrogens is 1. The third-order valence-electron chi connectivity index (χ3n) is 5.17. The number of hydrogen-bond acceptors (Lipinski definition) is 6. The van der Waals surface area contributed by atoms with Crippen LogP contribution in [0.3, 0.4) is 0 Å². The summed E-state index contributed by atoms with van der Waals surface area (Å²) in [6.07, 6.45) is -4.05. The van der Waals surface area contributed by atoms with E-state index in [9.17, 15) is 18.0 Å². The predicted molar refractivity (Wildman–Crippen MR) is 127 cm³/mol. The Kier molecular flexibility index (Phi) is 10.8. The molecule has 0 unspecified atom stereocenters. The van der Waals surface area contributed by atoms with Gasteiger partial charge in [-0.2, -0.15) is 13.2 Å². The van der Waals surface area contributed by atoms with Crippen LogP contribution < -0.4 is 10.9 Å². The largest absolute Gasteiger partial charge is 0.494 e. The molecule has 0 saturated carbocycles. The molecule has 2 heterocycles. The van der Waals surface area contributed by atoms with Gasteiger partial charge >= 0.3 is 20.4 Å². The average molecular weight is 502 g/mol. The highest BCUT2D eigenvalue weighted by Gasteiger charge is 2.52. The van der Waals surface area contributed by atoms with E-state index in [1.54, 1.807) is 37.3 Å². The first-order chi connectivity index (χ1) is 15.5. The summed E-state index contributed by atoms with van der Waals surface area (Å²) in [6.45, 7) is 10.6. The molecule has 0 amide bonds. The molecule has 1 aromatic carbocycles. The Bertz CT molecular complexity index is 928. The van der Waals surface area contributed by atoms with Gasteiger partial charge in [-0.15, -0.1) is 0 Å². The molecule has 0 radical (unpaired) electrons. The van der Waals surface area contributed by atoms with Crippen LogP contribution in [0.5, 0.6) is 0 Å². The molecular weight excluding hydrogens is 472 g/mol. The van der Waals surface area contributed by atoms with Gasteiger partial charge < -0.3 is 19.4 Å². The molecule has 0 aliphatic carbocycles. The van der Waals surface area contributed by atoms with E-state index in [4.69, 9.17) is 31.0 Å². The van der Waals surface area contributed by atoms with E-state index in [1.165, 1.54) is 6.92 Å². The van der Waals surface area contributed by atoms with Crippen LogP contribution in [-0.2, 0) is 20.3 Å². The summed E-state index contributed by atoms with van der Waals surface area (Å²) in [5.41, 5.74) is -0.965. The highest BCUT2D eigenvalue weighted by Crippen LogP contribution is 2.37. The average Bonchev–Trinajstić information content (AvgIpc) is 2.95. The van der Waals surface area contributed by atoms with E-state index >= 15 is 0 Å². The zero-order valence-electron chi connectivity index (χ0n) is 20.0. The Morgan fingerprint density at radius 3 is 1.91 bits per heavy atom. The van der Waals surface area contributed by atoms with Gasteiger partial charge in [-0.25, -0.2) is 4.98 Å². The van der Waals surface area contributed by atoms with Crippen molar-refractivity contribution in [1.29, 1.82) is 0 Å². The quantitative estimate of drug-likeness (QED) is 0.496. The van der Waals surface area contributed by atoms with E-state index in [1.807, 2.05) is 33.8 Å². The van der Waals surface area contributed by atoms with Crippen molar-refractivity contribution in [3.05, 3.63) is 53.9 Å². The van der Waals surface area contributed by atoms with E-state index < -0.39 is 37.3 Å².